The van der Waals surface area contributed by atoms with Gasteiger partial charge in [0.1, 0.15) is 18.3 Å². The third-order valence-electron chi connectivity index (χ3n) is 9.23. The molecular formula is C36H39O18P3. The van der Waals surface area contributed by atoms with Crippen LogP contribution < -0.4 is 0 Å². The molecule has 0 bridgehead atoms. The molecule has 57 heavy (non-hydrogen) atoms. The first kappa shape index (κ1) is 41.6. The normalized spacial score (nSPS) is 27.4. The fourth-order valence-electron chi connectivity index (χ4n) is 6.61. The number of carbonyl (C=O) groups is 3. The van der Waals surface area contributed by atoms with Gasteiger partial charge in [0.2, 0.25) is 0 Å². The Morgan fingerprint density at radius 1 is 0.404 bits per heavy atom. The maximum Gasteiger partial charge on any atom is 0.475 e. The molecule has 0 spiro atoms. The zero-order chi connectivity index (χ0) is 40.4. The molecule has 0 aromatic heterocycles. The van der Waals surface area contributed by atoms with Crippen molar-refractivity contribution in [2.24, 2.45) is 0 Å². The Balaban J connectivity index is 1.32. The molecule has 0 saturated heterocycles. The molecule has 21 heteroatoms. The van der Waals surface area contributed by atoms with Gasteiger partial charge < -0.3 is 14.2 Å². The minimum Gasteiger partial charge on any atom is -0.457 e. The second-order valence-corrected chi connectivity index (χ2v) is 18.1. The molecule has 0 N–H and O–H groups in total. The number of ether oxygens (including phenoxy) is 3. The van der Waals surface area contributed by atoms with Gasteiger partial charge >= 0.3 is 41.4 Å². The van der Waals surface area contributed by atoms with E-state index < -0.39 is 78.0 Å². The molecule has 306 valence electrons. The Bertz CT molecular complexity index is 2050. The van der Waals surface area contributed by atoms with Gasteiger partial charge in [0, 0.05) is 20.8 Å². The highest BCUT2D eigenvalue weighted by molar-refractivity contribution is 7.49. The molecule has 1 fully saturated rings. The number of rotatable bonds is 9. The van der Waals surface area contributed by atoms with E-state index >= 15 is 0 Å². The van der Waals surface area contributed by atoms with Gasteiger partial charge in [-0.1, -0.05) is 72.8 Å². The lowest BCUT2D eigenvalue weighted by molar-refractivity contribution is -0.240. The van der Waals surface area contributed by atoms with E-state index in [1.165, 1.54) is 0 Å². The van der Waals surface area contributed by atoms with E-state index in [9.17, 15) is 28.1 Å². The highest BCUT2D eigenvalue weighted by Crippen LogP contribution is 2.61. The van der Waals surface area contributed by atoms with Crippen LogP contribution in [0.2, 0.25) is 0 Å². The molecule has 3 aromatic rings. The lowest BCUT2D eigenvalue weighted by Crippen LogP contribution is -2.67. The molecule has 4 aliphatic rings. The summed E-state index contributed by atoms with van der Waals surface area (Å²) in [5.74, 6) is -2.97. The fraction of sp³-hybridized carbons (Fsp3) is 0.417. The van der Waals surface area contributed by atoms with Gasteiger partial charge in [0.25, 0.3) is 0 Å². The summed E-state index contributed by atoms with van der Waals surface area (Å²) in [7, 11) is -14.3. The Kier molecular flexibility index (Phi) is 12.6. The van der Waals surface area contributed by atoms with Crippen molar-refractivity contribution in [2.45, 2.75) is 97.0 Å². The van der Waals surface area contributed by atoms with Crippen molar-refractivity contribution in [3.63, 3.8) is 0 Å². The van der Waals surface area contributed by atoms with Crippen molar-refractivity contribution >= 4 is 41.4 Å². The molecule has 18 nitrogen and oxygen atoms in total. The molecular weight excluding hydrogens is 813 g/mol. The number of hydrogen-bond donors (Lipinski definition) is 0. The van der Waals surface area contributed by atoms with Gasteiger partial charge in [-0.2, -0.15) is 0 Å². The second kappa shape index (κ2) is 17.3. The highest BCUT2D eigenvalue weighted by atomic mass is 31.2. The van der Waals surface area contributed by atoms with Crippen molar-refractivity contribution in [3.05, 3.63) is 106 Å². The predicted molar refractivity (Wildman–Crippen MR) is 192 cm³/mol. The van der Waals surface area contributed by atoms with Gasteiger partial charge in [0.05, 0.1) is 39.6 Å². The molecule has 0 amide bonds. The van der Waals surface area contributed by atoms with Crippen LogP contribution in [0.25, 0.3) is 0 Å². The first-order chi connectivity index (χ1) is 27.2. The lowest BCUT2D eigenvalue weighted by Gasteiger charge is -2.48. The Labute approximate surface area is 327 Å². The topological polar surface area (TPSA) is 213 Å². The Morgan fingerprint density at radius 2 is 0.596 bits per heavy atom. The van der Waals surface area contributed by atoms with Gasteiger partial charge in [-0.3, -0.25) is 55.1 Å². The Hall–Kier alpha value is -3.60. The maximum absolute atomic E-state index is 14.5. The standard InChI is InChI=1S/C36H39O18P3/c1-22(37)49-31-32(50-23(2)38)35(53-56(41)45-18-27-12-6-7-13-28(27)19-46-56)36(54-57(42)47-20-29-14-8-9-15-30(29)21-48-57)33(51-24(3)39)34(31)52-55(40)43-16-25-10-4-5-11-26(25)17-44-55/h4-15,31-36H,16-21H2,1-3H3/t31-,32-,33-,34+,35+,36-/m1/s1. The van der Waals surface area contributed by atoms with Crippen molar-refractivity contribution < 1.29 is 83.0 Å². The van der Waals surface area contributed by atoms with Crippen LogP contribution in [0.3, 0.4) is 0 Å². The molecule has 1 aliphatic carbocycles. The minimum atomic E-state index is -4.78. The highest BCUT2D eigenvalue weighted by Gasteiger charge is 2.63. The van der Waals surface area contributed by atoms with Crippen LogP contribution in [0.4, 0.5) is 0 Å². The van der Waals surface area contributed by atoms with E-state index in [4.69, 9.17) is 54.9 Å². The van der Waals surface area contributed by atoms with E-state index in [-0.39, 0.29) is 39.6 Å². The first-order valence-corrected chi connectivity index (χ1v) is 22.0. The van der Waals surface area contributed by atoms with Crippen LogP contribution in [0.15, 0.2) is 72.8 Å². The van der Waals surface area contributed by atoms with E-state index in [1.807, 2.05) is 0 Å². The van der Waals surface area contributed by atoms with Crippen molar-refractivity contribution in [1.29, 1.82) is 0 Å². The maximum atomic E-state index is 14.5. The van der Waals surface area contributed by atoms with E-state index in [1.54, 1.807) is 72.8 Å². The van der Waals surface area contributed by atoms with Crippen LogP contribution in [-0.4, -0.2) is 54.5 Å². The molecule has 0 radical (unpaired) electrons. The van der Waals surface area contributed by atoms with Crippen molar-refractivity contribution in [2.75, 3.05) is 0 Å². The zero-order valence-corrected chi connectivity index (χ0v) is 33.5. The summed E-state index contributed by atoms with van der Waals surface area (Å²) >= 11 is 0. The number of phosphoric acid groups is 3. The van der Waals surface area contributed by atoms with Gasteiger partial charge in [0.15, 0.2) is 18.3 Å². The quantitative estimate of drug-likeness (QED) is 0.127. The Morgan fingerprint density at radius 3 is 0.807 bits per heavy atom. The number of carbonyl (C=O) groups excluding carboxylic acids is 3. The molecule has 0 unspecified atom stereocenters. The summed E-state index contributed by atoms with van der Waals surface area (Å²) < 4.78 is 113. The van der Waals surface area contributed by atoms with Crippen LogP contribution in [-0.2, 0) is 123 Å². The zero-order valence-electron chi connectivity index (χ0n) is 30.8. The summed E-state index contributed by atoms with van der Waals surface area (Å²) in [4.78, 5) is 38.6. The number of esters is 3. The minimum absolute atomic E-state index is 0.257. The molecule has 3 aromatic carbocycles. The molecule has 7 rings (SSSR count). The van der Waals surface area contributed by atoms with Gasteiger partial charge in [-0.05, 0) is 33.4 Å². The van der Waals surface area contributed by atoms with Crippen LogP contribution in [0.5, 0.6) is 0 Å². The van der Waals surface area contributed by atoms with E-state index in [2.05, 4.69) is 0 Å². The van der Waals surface area contributed by atoms with Gasteiger partial charge in [-0.25, -0.2) is 13.7 Å². The summed E-state index contributed by atoms with van der Waals surface area (Å²) in [6.07, 6.45) is -11.8. The average Bonchev–Trinajstić information content (AvgIpc) is 3.54. The summed E-state index contributed by atoms with van der Waals surface area (Å²) in [6.45, 7) is 1.45. The van der Waals surface area contributed by atoms with E-state index in [0.717, 1.165) is 20.8 Å². The van der Waals surface area contributed by atoms with Crippen LogP contribution in [0, 0.1) is 0 Å². The van der Waals surface area contributed by atoms with E-state index in [0.29, 0.717) is 33.4 Å². The lowest BCUT2D eigenvalue weighted by atomic mass is 9.84. The largest absolute Gasteiger partial charge is 0.475 e. The number of fused-ring (bicyclic) bond motifs is 3. The van der Waals surface area contributed by atoms with Crippen molar-refractivity contribution in [3.8, 4) is 0 Å². The number of benzene rings is 3. The number of hydrogen-bond acceptors (Lipinski definition) is 18. The predicted octanol–water partition coefficient (Wildman–Crippen LogP) is 6.52. The van der Waals surface area contributed by atoms with Crippen molar-refractivity contribution in [1.82, 2.24) is 0 Å². The number of phosphoric ester groups is 3. The second-order valence-electron chi connectivity index (χ2n) is 13.2. The van der Waals surface area contributed by atoms with Gasteiger partial charge in [-0.15, -0.1) is 0 Å². The monoisotopic (exact) mass is 852 g/mol. The molecule has 3 heterocycles. The SMILES string of the molecule is CC(=O)O[C@@H]1[C@@H](OC(C)=O)[C@H](OP2(=O)OCc3ccccc3CO2)[C@H](OP2(=O)OCc3ccccc3CO2)[C@H](OC(C)=O)[C@H]1OP1(=O)OCc2ccccc2CO1. The van der Waals surface area contributed by atoms with Crippen LogP contribution in [0.1, 0.15) is 54.2 Å². The smallest absolute Gasteiger partial charge is 0.457 e. The summed E-state index contributed by atoms with van der Waals surface area (Å²) in [5, 5.41) is 0. The molecule has 3 aliphatic heterocycles. The first-order valence-electron chi connectivity index (χ1n) is 17.7. The summed E-state index contributed by atoms with van der Waals surface area (Å²) in [6, 6.07) is 20.8. The molecule has 1 saturated carbocycles. The fourth-order valence-corrected chi connectivity index (χ4v) is 10.6. The average molecular weight is 853 g/mol. The molecule has 6 atom stereocenters. The van der Waals surface area contributed by atoms with Crippen LogP contribution >= 0.6 is 23.5 Å². The third kappa shape index (κ3) is 9.82. The summed E-state index contributed by atoms with van der Waals surface area (Å²) in [5.41, 5.74) is 3.73. The third-order valence-corrected chi connectivity index (χ3v) is 13.4.